The van der Waals surface area contributed by atoms with Crippen LogP contribution in [0.1, 0.15) is 17.8 Å². The molecule has 0 saturated carbocycles. The molecule has 1 atom stereocenters. The summed E-state index contributed by atoms with van der Waals surface area (Å²) in [5.41, 5.74) is 1.44. The van der Waals surface area contributed by atoms with Crippen LogP contribution in [0.3, 0.4) is 0 Å². The van der Waals surface area contributed by atoms with Crippen molar-refractivity contribution in [3.05, 3.63) is 35.9 Å². The third kappa shape index (κ3) is 3.04. The van der Waals surface area contributed by atoms with Gasteiger partial charge >= 0.3 is 0 Å². The molecule has 4 heterocycles. The Kier molecular flexibility index (Phi) is 4.13. The van der Waals surface area contributed by atoms with Gasteiger partial charge in [0.05, 0.1) is 17.1 Å². The number of pyridine rings is 1. The lowest BCUT2D eigenvalue weighted by molar-refractivity contribution is 0.621. The molecule has 1 N–H and O–H groups in total. The first-order chi connectivity index (χ1) is 12.6. The number of nitriles is 1. The van der Waals surface area contributed by atoms with Gasteiger partial charge in [-0.2, -0.15) is 10.4 Å². The van der Waals surface area contributed by atoms with Crippen LogP contribution in [0.15, 0.2) is 24.5 Å². The Morgan fingerprint density at radius 1 is 1.31 bits per heavy atom. The summed E-state index contributed by atoms with van der Waals surface area (Å²) in [6.45, 7) is 4.66. The molecular weight excluding hydrogens is 328 g/mol. The van der Waals surface area contributed by atoms with Crippen LogP contribution in [-0.4, -0.2) is 44.4 Å². The summed E-state index contributed by atoms with van der Waals surface area (Å²) in [7, 11) is 1.90. The lowest BCUT2D eigenvalue weighted by Crippen LogP contribution is -2.24. The van der Waals surface area contributed by atoms with Crippen molar-refractivity contribution in [1.29, 1.82) is 5.26 Å². The van der Waals surface area contributed by atoms with Gasteiger partial charge in [0, 0.05) is 32.9 Å². The number of anilines is 2. The zero-order valence-electron chi connectivity index (χ0n) is 14.8. The highest BCUT2D eigenvalue weighted by molar-refractivity contribution is 5.87. The fourth-order valence-corrected chi connectivity index (χ4v) is 3.36. The minimum atomic E-state index is 0.509. The molecule has 0 radical (unpaired) electrons. The van der Waals surface area contributed by atoms with Gasteiger partial charge in [-0.1, -0.05) is 0 Å². The van der Waals surface area contributed by atoms with Crippen LogP contribution in [-0.2, 0) is 7.05 Å². The standard InChI is InChI=1S/C18H20N8/c1-12-23-17-15(10-22-25(17)2)18(24-12)26-6-5-14(11-26)9-21-16-4-3-13(7-19)8-20-16/h3-4,8,10,14H,5-6,9,11H2,1-2H3,(H,20,21). The van der Waals surface area contributed by atoms with Crippen LogP contribution in [0.5, 0.6) is 0 Å². The molecule has 8 heteroatoms. The van der Waals surface area contributed by atoms with Crippen LogP contribution in [0.4, 0.5) is 11.6 Å². The van der Waals surface area contributed by atoms with Gasteiger partial charge in [-0.15, -0.1) is 0 Å². The molecule has 26 heavy (non-hydrogen) atoms. The molecule has 1 aliphatic rings. The van der Waals surface area contributed by atoms with Gasteiger partial charge in [0.1, 0.15) is 23.5 Å². The van der Waals surface area contributed by atoms with Crippen LogP contribution in [0.25, 0.3) is 11.0 Å². The van der Waals surface area contributed by atoms with Gasteiger partial charge in [-0.25, -0.2) is 15.0 Å². The summed E-state index contributed by atoms with van der Waals surface area (Å²) >= 11 is 0. The highest BCUT2D eigenvalue weighted by Crippen LogP contribution is 2.28. The van der Waals surface area contributed by atoms with Crippen LogP contribution < -0.4 is 10.2 Å². The molecule has 0 spiro atoms. The van der Waals surface area contributed by atoms with Gasteiger partial charge < -0.3 is 10.2 Å². The van der Waals surface area contributed by atoms with E-state index in [0.29, 0.717) is 11.5 Å². The van der Waals surface area contributed by atoms with Crippen molar-refractivity contribution in [3.8, 4) is 6.07 Å². The van der Waals surface area contributed by atoms with Crippen molar-refractivity contribution in [2.24, 2.45) is 13.0 Å². The minimum Gasteiger partial charge on any atom is -0.370 e. The van der Waals surface area contributed by atoms with E-state index in [1.54, 1.807) is 16.9 Å². The van der Waals surface area contributed by atoms with E-state index in [1.807, 2.05) is 26.2 Å². The zero-order valence-corrected chi connectivity index (χ0v) is 14.8. The summed E-state index contributed by atoms with van der Waals surface area (Å²) in [5.74, 6) is 3.04. The first kappa shape index (κ1) is 16.3. The van der Waals surface area contributed by atoms with Crippen molar-refractivity contribution < 1.29 is 0 Å². The molecule has 0 aromatic carbocycles. The minimum absolute atomic E-state index is 0.509. The SMILES string of the molecule is Cc1nc(N2CCC(CNc3ccc(C#N)cn3)C2)c2cnn(C)c2n1. The highest BCUT2D eigenvalue weighted by Gasteiger charge is 2.26. The third-order valence-electron chi connectivity index (χ3n) is 4.73. The second-order valence-electron chi connectivity index (χ2n) is 6.63. The Balaban J connectivity index is 1.44. The average Bonchev–Trinajstić information content (AvgIpc) is 3.27. The average molecular weight is 348 g/mol. The Morgan fingerprint density at radius 2 is 2.19 bits per heavy atom. The molecule has 1 saturated heterocycles. The Morgan fingerprint density at radius 3 is 2.96 bits per heavy atom. The van der Waals surface area contributed by atoms with Crippen molar-refractivity contribution in [3.63, 3.8) is 0 Å². The van der Waals surface area contributed by atoms with Gasteiger partial charge in [0.2, 0.25) is 0 Å². The van der Waals surface area contributed by atoms with E-state index >= 15 is 0 Å². The van der Waals surface area contributed by atoms with E-state index in [-0.39, 0.29) is 0 Å². The molecule has 1 aliphatic heterocycles. The molecule has 0 amide bonds. The number of rotatable bonds is 4. The molecule has 8 nitrogen and oxygen atoms in total. The molecule has 132 valence electrons. The Labute approximate surface area is 151 Å². The zero-order chi connectivity index (χ0) is 18.1. The number of aryl methyl sites for hydroxylation is 2. The van der Waals surface area contributed by atoms with Crippen LogP contribution in [0, 0.1) is 24.2 Å². The van der Waals surface area contributed by atoms with Crippen molar-refractivity contribution in [2.75, 3.05) is 29.9 Å². The maximum atomic E-state index is 8.83. The predicted octanol–water partition coefficient (Wildman–Crippen LogP) is 1.88. The Bertz CT molecular complexity index is 969. The predicted molar refractivity (Wildman–Crippen MR) is 98.8 cm³/mol. The summed E-state index contributed by atoms with van der Waals surface area (Å²) in [6, 6.07) is 5.70. The maximum Gasteiger partial charge on any atom is 0.163 e. The number of hydrogen-bond donors (Lipinski definition) is 1. The molecule has 3 aromatic heterocycles. The molecular formula is C18H20N8. The number of nitrogens with one attached hydrogen (secondary N) is 1. The summed E-state index contributed by atoms with van der Waals surface area (Å²) in [4.78, 5) is 15.7. The second-order valence-corrected chi connectivity index (χ2v) is 6.63. The molecule has 1 unspecified atom stereocenters. The quantitative estimate of drug-likeness (QED) is 0.769. The number of fused-ring (bicyclic) bond motifs is 1. The third-order valence-corrected chi connectivity index (χ3v) is 4.73. The van der Waals surface area contributed by atoms with Gasteiger partial charge in [-0.3, -0.25) is 4.68 Å². The van der Waals surface area contributed by atoms with Gasteiger partial charge in [0.15, 0.2) is 5.65 Å². The molecule has 4 rings (SSSR count). The van der Waals surface area contributed by atoms with Gasteiger partial charge in [-0.05, 0) is 31.4 Å². The smallest absolute Gasteiger partial charge is 0.163 e. The van der Waals surface area contributed by atoms with E-state index in [1.165, 1.54) is 0 Å². The maximum absolute atomic E-state index is 8.83. The summed E-state index contributed by atoms with van der Waals surface area (Å²) in [5, 5.41) is 17.5. The van der Waals surface area contributed by atoms with E-state index in [0.717, 1.165) is 54.5 Å². The fourth-order valence-electron chi connectivity index (χ4n) is 3.36. The first-order valence-electron chi connectivity index (χ1n) is 8.65. The molecule has 0 aliphatic carbocycles. The fraction of sp³-hybridized carbons (Fsp3) is 0.389. The van der Waals surface area contributed by atoms with Crippen molar-refractivity contribution >= 4 is 22.7 Å². The first-order valence-corrected chi connectivity index (χ1v) is 8.65. The van der Waals surface area contributed by atoms with Crippen LogP contribution in [0.2, 0.25) is 0 Å². The second kappa shape index (κ2) is 6.59. The summed E-state index contributed by atoms with van der Waals surface area (Å²) in [6.07, 6.45) is 4.52. The van der Waals surface area contributed by atoms with E-state index in [4.69, 9.17) is 5.26 Å². The summed E-state index contributed by atoms with van der Waals surface area (Å²) < 4.78 is 1.79. The van der Waals surface area contributed by atoms with E-state index in [9.17, 15) is 0 Å². The highest BCUT2D eigenvalue weighted by atomic mass is 15.3. The molecule has 0 bridgehead atoms. The monoisotopic (exact) mass is 348 g/mol. The van der Waals surface area contributed by atoms with Gasteiger partial charge in [0.25, 0.3) is 0 Å². The number of nitrogens with zero attached hydrogens (tertiary/aromatic N) is 7. The molecule has 1 fully saturated rings. The number of aromatic nitrogens is 5. The van der Waals surface area contributed by atoms with Crippen LogP contribution >= 0.6 is 0 Å². The number of hydrogen-bond acceptors (Lipinski definition) is 7. The topological polar surface area (TPSA) is 95.5 Å². The van der Waals surface area contributed by atoms with E-state index < -0.39 is 0 Å². The largest absolute Gasteiger partial charge is 0.370 e. The lowest BCUT2D eigenvalue weighted by atomic mass is 10.1. The molecule has 3 aromatic rings. The van der Waals surface area contributed by atoms with E-state index in [2.05, 4.69) is 36.3 Å². The van der Waals surface area contributed by atoms with Crippen molar-refractivity contribution in [2.45, 2.75) is 13.3 Å². The lowest BCUT2D eigenvalue weighted by Gasteiger charge is -2.19. The Hall–Kier alpha value is -3.21. The van der Waals surface area contributed by atoms with Crippen molar-refractivity contribution in [1.82, 2.24) is 24.7 Å². The normalized spacial score (nSPS) is 16.8.